The van der Waals surface area contributed by atoms with Crippen molar-refractivity contribution >= 4 is 34.2 Å². The molecule has 0 amide bonds. The van der Waals surface area contributed by atoms with Crippen molar-refractivity contribution < 1.29 is 0 Å². The van der Waals surface area contributed by atoms with E-state index in [-0.39, 0.29) is 0 Å². The Hall–Kier alpha value is -2.88. The van der Waals surface area contributed by atoms with Gasteiger partial charge in [0.2, 0.25) is 0 Å². The molecule has 0 heterocycles. The molecule has 2 rings (SSSR count). The number of para-hydroxylation sites is 2. The van der Waals surface area contributed by atoms with Crippen LogP contribution in [0.3, 0.4) is 0 Å². The first-order valence-corrected chi connectivity index (χ1v) is 10.6. The molecule has 0 saturated carbocycles. The molecule has 0 radical (unpaired) electrons. The van der Waals surface area contributed by atoms with Gasteiger partial charge >= 0.3 is 0 Å². The van der Waals surface area contributed by atoms with E-state index in [4.69, 9.17) is 9.98 Å². The van der Waals surface area contributed by atoms with E-state index in [2.05, 4.69) is 62.2 Å². The quantitative estimate of drug-likeness (QED) is 0.337. The number of rotatable bonds is 7. The van der Waals surface area contributed by atoms with Gasteiger partial charge in [0, 0.05) is 0 Å². The summed E-state index contributed by atoms with van der Waals surface area (Å²) in [6, 6.07) is 16.5. The number of hydrogen-bond donors (Lipinski definition) is 0. The van der Waals surface area contributed by atoms with Gasteiger partial charge in [-0.1, -0.05) is 64.1 Å². The second-order valence-electron chi connectivity index (χ2n) is 8.19. The van der Waals surface area contributed by atoms with Crippen LogP contribution in [0.4, 0.5) is 11.4 Å². The van der Waals surface area contributed by atoms with E-state index >= 15 is 0 Å². The Balaban J connectivity index is 2.26. The molecular formula is C26H34N4. The predicted molar refractivity (Wildman–Crippen MR) is 133 cm³/mol. The van der Waals surface area contributed by atoms with E-state index in [1.807, 2.05) is 52.0 Å². The van der Waals surface area contributed by atoms with E-state index < -0.39 is 0 Å². The van der Waals surface area contributed by atoms with Gasteiger partial charge in [0.1, 0.15) is 0 Å². The molecule has 2 aromatic carbocycles. The lowest BCUT2D eigenvalue weighted by molar-refractivity contribution is 0.867. The maximum absolute atomic E-state index is 4.79. The second kappa shape index (κ2) is 10.8. The van der Waals surface area contributed by atoms with Gasteiger partial charge in [-0.2, -0.15) is 10.2 Å². The zero-order valence-corrected chi connectivity index (χ0v) is 19.6. The SMILES string of the molecule is CC(=Nc1ccccc1C(C)C)/C(C)=N/N=C(\C)C(C)=Nc1ccccc1C(C)C. The van der Waals surface area contributed by atoms with E-state index in [0.717, 1.165) is 34.2 Å². The monoisotopic (exact) mass is 402 g/mol. The van der Waals surface area contributed by atoms with Crippen LogP contribution in [0.15, 0.2) is 68.7 Å². The van der Waals surface area contributed by atoms with Gasteiger partial charge in [-0.05, 0) is 62.8 Å². The van der Waals surface area contributed by atoms with Crippen LogP contribution in [-0.4, -0.2) is 22.8 Å². The van der Waals surface area contributed by atoms with Crippen molar-refractivity contribution in [1.82, 2.24) is 0 Å². The number of nitrogens with zero attached hydrogens (tertiary/aromatic N) is 4. The molecule has 0 N–H and O–H groups in total. The third kappa shape index (κ3) is 6.31. The van der Waals surface area contributed by atoms with Crippen LogP contribution in [-0.2, 0) is 0 Å². The van der Waals surface area contributed by atoms with Crippen molar-refractivity contribution in [3.05, 3.63) is 59.7 Å². The van der Waals surface area contributed by atoms with Crippen molar-refractivity contribution in [3.8, 4) is 0 Å². The Bertz CT molecular complexity index is 910. The van der Waals surface area contributed by atoms with E-state index in [1.54, 1.807) is 0 Å². The molecule has 0 aliphatic carbocycles. The third-order valence-corrected chi connectivity index (χ3v) is 5.09. The molecule has 0 unspecified atom stereocenters. The Kier molecular flexibility index (Phi) is 8.40. The summed E-state index contributed by atoms with van der Waals surface area (Å²) in [5.41, 5.74) is 7.75. The molecule has 4 nitrogen and oxygen atoms in total. The zero-order chi connectivity index (χ0) is 22.3. The maximum Gasteiger partial charge on any atom is 0.0811 e. The van der Waals surface area contributed by atoms with Crippen LogP contribution in [0, 0.1) is 0 Å². The summed E-state index contributed by atoms with van der Waals surface area (Å²) in [7, 11) is 0. The largest absolute Gasteiger partial charge is 0.252 e. The topological polar surface area (TPSA) is 49.4 Å². The molecule has 30 heavy (non-hydrogen) atoms. The Morgan fingerprint density at radius 3 is 1.20 bits per heavy atom. The van der Waals surface area contributed by atoms with Crippen molar-refractivity contribution in [1.29, 1.82) is 0 Å². The Morgan fingerprint density at radius 1 is 0.533 bits per heavy atom. The molecule has 0 fully saturated rings. The van der Waals surface area contributed by atoms with Crippen LogP contribution >= 0.6 is 0 Å². The van der Waals surface area contributed by atoms with Gasteiger partial charge in [-0.25, -0.2) is 0 Å². The van der Waals surface area contributed by atoms with Gasteiger partial charge in [0.05, 0.1) is 34.2 Å². The second-order valence-corrected chi connectivity index (χ2v) is 8.19. The minimum absolute atomic E-state index is 0.419. The molecule has 0 aromatic heterocycles. The average molecular weight is 403 g/mol. The van der Waals surface area contributed by atoms with Crippen LogP contribution in [0.25, 0.3) is 0 Å². The highest BCUT2D eigenvalue weighted by atomic mass is 15.2. The highest BCUT2D eigenvalue weighted by molar-refractivity contribution is 6.42. The summed E-state index contributed by atoms with van der Waals surface area (Å²) < 4.78 is 0. The van der Waals surface area contributed by atoms with E-state index in [9.17, 15) is 0 Å². The molecule has 0 saturated heterocycles. The van der Waals surface area contributed by atoms with Gasteiger partial charge in [-0.3, -0.25) is 9.98 Å². The summed E-state index contributed by atoms with van der Waals surface area (Å²) >= 11 is 0. The predicted octanol–water partition coefficient (Wildman–Crippen LogP) is 7.66. The van der Waals surface area contributed by atoms with E-state index in [1.165, 1.54) is 11.1 Å². The Labute approximate surface area is 181 Å². The molecule has 0 bridgehead atoms. The molecule has 0 aliphatic heterocycles. The molecule has 0 atom stereocenters. The standard InChI is InChI=1S/C26H34N4/c1-17(2)23-13-9-11-15-25(23)27-19(5)21(7)29-30-22(8)20(6)28-26-16-12-10-14-24(26)18(3)4/h9-18H,1-8H3/b27-19?,28-20?,29-21+,30-22+. The minimum Gasteiger partial charge on any atom is -0.252 e. The van der Waals surface area contributed by atoms with Gasteiger partial charge in [0.15, 0.2) is 0 Å². The first-order chi connectivity index (χ1) is 14.2. The Morgan fingerprint density at radius 2 is 0.867 bits per heavy atom. The molecule has 0 aliphatic rings. The number of hydrogen-bond acceptors (Lipinski definition) is 4. The summed E-state index contributed by atoms with van der Waals surface area (Å²) in [6.45, 7) is 16.5. The summed E-state index contributed by atoms with van der Waals surface area (Å²) in [4.78, 5) is 9.58. The fraction of sp³-hybridized carbons (Fsp3) is 0.385. The highest BCUT2D eigenvalue weighted by Crippen LogP contribution is 2.27. The van der Waals surface area contributed by atoms with Gasteiger partial charge < -0.3 is 0 Å². The summed E-state index contributed by atoms with van der Waals surface area (Å²) in [5, 5.41) is 8.82. The van der Waals surface area contributed by atoms with Crippen molar-refractivity contribution in [2.75, 3.05) is 0 Å². The zero-order valence-electron chi connectivity index (χ0n) is 19.6. The first kappa shape index (κ1) is 23.4. The maximum atomic E-state index is 4.79. The number of benzene rings is 2. The number of aliphatic imine (C=N–C) groups is 2. The first-order valence-electron chi connectivity index (χ1n) is 10.6. The smallest absolute Gasteiger partial charge is 0.0811 e. The molecule has 0 spiro atoms. The molecular weight excluding hydrogens is 368 g/mol. The average Bonchev–Trinajstić information content (AvgIpc) is 2.72. The van der Waals surface area contributed by atoms with Crippen LogP contribution < -0.4 is 0 Å². The van der Waals surface area contributed by atoms with Crippen molar-refractivity contribution in [2.24, 2.45) is 20.2 Å². The fourth-order valence-electron chi connectivity index (χ4n) is 2.97. The summed E-state index contributed by atoms with van der Waals surface area (Å²) in [5.74, 6) is 0.839. The lowest BCUT2D eigenvalue weighted by Gasteiger charge is -2.10. The molecule has 2 aromatic rings. The van der Waals surface area contributed by atoms with Gasteiger partial charge in [-0.15, -0.1) is 0 Å². The normalized spacial score (nSPS) is 14.1. The molecule has 158 valence electrons. The summed E-state index contributed by atoms with van der Waals surface area (Å²) in [6.07, 6.45) is 0. The van der Waals surface area contributed by atoms with Crippen LogP contribution in [0.2, 0.25) is 0 Å². The van der Waals surface area contributed by atoms with Crippen molar-refractivity contribution in [2.45, 2.75) is 67.2 Å². The third-order valence-electron chi connectivity index (χ3n) is 5.09. The van der Waals surface area contributed by atoms with E-state index in [0.29, 0.717) is 11.8 Å². The van der Waals surface area contributed by atoms with Crippen LogP contribution in [0.1, 0.15) is 78.4 Å². The van der Waals surface area contributed by atoms with Crippen LogP contribution in [0.5, 0.6) is 0 Å². The lowest BCUT2D eigenvalue weighted by Crippen LogP contribution is -2.08. The van der Waals surface area contributed by atoms with Crippen molar-refractivity contribution in [3.63, 3.8) is 0 Å². The van der Waals surface area contributed by atoms with Gasteiger partial charge in [0.25, 0.3) is 0 Å². The minimum atomic E-state index is 0.419. The molecule has 4 heteroatoms. The highest BCUT2D eigenvalue weighted by Gasteiger charge is 2.08. The lowest BCUT2D eigenvalue weighted by atomic mass is 10.0. The fourth-order valence-corrected chi connectivity index (χ4v) is 2.97.